The van der Waals surface area contributed by atoms with Gasteiger partial charge in [0.15, 0.2) is 5.96 Å². The molecule has 1 fully saturated rings. The van der Waals surface area contributed by atoms with E-state index in [2.05, 4.69) is 29.4 Å². The normalized spacial score (nSPS) is 19.8. The van der Waals surface area contributed by atoms with Gasteiger partial charge in [-0.05, 0) is 39.3 Å². The molecule has 1 saturated heterocycles. The monoisotopic (exact) mass is 328 g/mol. The number of hydrogen-bond acceptors (Lipinski definition) is 4. The number of aliphatic imine (C=N–C) groups is 1. The molecule has 1 aliphatic rings. The molecule has 1 heterocycles. The number of rotatable bonds is 11. The van der Waals surface area contributed by atoms with Gasteiger partial charge in [-0.15, -0.1) is 0 Å². The summed E-state index contributed by atoms with van der Waals surface area (Å²) in [5.41, 5.74) is 0. The standard InChI is InChI=1S/C17H36N4O2/c1-4-18-17(19-10-8-12-23-14-13-22-3)20-15-16-9-6-7-11-21(16)5-2/h16H,4-15H2,1-3H3,(H2,18,19,20). The Hall–Kier alpha value is -0.850. The Kier molecular flexibility index (Phi) is 11.9. The van der Waals surface area contributed by atoms with E-state index in [-0.39, 0.29) is 0 Å². The maximum absolute atomic E-state index is 5.47. The zero-order valence-electron chi connectivity index (χ0n) is 15.3. The predicted molar refractivity (Wildman–Crippen MR) is 96.2 cm³/mol. The van der Waals surface area contributed by atoms with E-state index in [0.29, 0.717) is 19.3 Å². The lowest BCUT2D eigenvalue weighted by Gasteiger charge is -2.33. The van der Waals surface area contributed by atoms with Gasteiger partial charge in [-0.25, -0.2) is 0 Å². The molecule has 0 amide bonds. The molecule has 0 radical (unpaired) electrons. The summed E-state index contributed by atoms with van der Waals surface area (Å²) in [4.78, 5) is 7.33. The predicted octanol–water partition coefficient (Wildman–Crippen LogP) is 1.47. The molecule has 0 bridgehead atoms. The van der Waals surface area contributed by atoms with Crippen molar-refractivity contribution < 1.29 is 9.47 Å². The van der Waals surface area contributed by atoms with Crippen molar-refractivity contribution in [3.63, 3.8) is 0 Å². The molecule has 0 spiro atoms. The van der Waals surface area contributed by atoms with Gasteiger partial charge in [-0.2, -0.15) is 0 Å². The molecule has 6 heteroatoms. The summed E-state index contributed by atoms with van der Waals surface area (Å²) in [5.74, 6) is 0.922. The van der Waals surface area contributed by atoms with E-state index in [0.717, 1.165) is 45.2 Å². The van der Waals surface area contributed by atoms with Gasteiger partial charge >= 0.3 is 0 Å². The average molecular weight is 329 g/mol. The van der Waals surface area contributed by atoms with Crippen LogP contribution in [-0.2, 0) is 9.47 Å². The first-order valence-electron chi connectivity index (χ1n) is 9.14. The molecule has 23 heavy (non-hydrogen) atoms. The van der Waals surface area contributed by atoms with Crippen molar-refractivity contribution in [1.29, 1.82) is 0 Å². The number of nitrogens with zero attached hydrogens (tertiary/aromatic N) is 2. The fraction of sp³-hybridized carbons (Fsp3) is 0.941. The zero-order chi connectivity index (χ0) is 16.8. The van der Waals surface area contributed by atoms with Gasteiger partial charge in [-0.1, -0.05) is 13.3 Å². The van der Waals surface area contributed by atoms with E-state index in [1.165, 1.54) is 25.8 Å². The van der Waals surface area contributed by atoms with Crippen LogP contribution in [0.5, 0.6) is 0 Å². The van der Waals surface area contributed by atoms with Crippen LogP contribution < -0.4 is 10.6 Å². The lowest BCUT2D eigenvalue weighted by molar-refractivity contribution is 0.0698. The van der Waals surface area contributed by atoms with E-state index < -0.39 is 0 Å². The summed E-state index contributed by atoms with van der Waals surface area (Å²) < 4.78 is 10.4. The minimum Gasteiger partial charge on any atom is -0.382 e. The number of methoxy groups -OCH3 is 1. The van der Waals surface area contributed by atoms with Crippen molar-refractivity contribution in [3.05, 3.63) is 0 Å². The first-order valence-corrected chi connectivity index (χ1v) is 9.14. The SMILES string of the molecule is CCNC(=NCC1CCCCN1CC)NCCCOCCOC. The molecule has 6 nitrogen and oxygen atoms in total. The van der Waals surface area contributed by atoms with Gasteiger partial charge in [0.2, 0.25) is 0 Å². The molecule has 0 aromatic rings. The fourth-order valence-electron chi connectivity index (χ4n) is 2.85. The molecule has 0 aliphatic carbocycles. The summed E-state index contributed by atoms with van der Waals surface area (Å²) in [6.45, 7) is 11.4. The van der Waals surface area contributed by atoms with Crippen LogP contribution in [0.2, 0.25) is 0 Å². The van der Waals surface area contributed by atoms with Gasteiger partial charge in [0.25, 0.3) is 0 Å². The van der Waals surface area contributed by atoms with Crippen LogP contribution in [0.15, 0.2) is 4.99 Å². The number of guanidine groups is 1. The van der Waals surface area contributed by atoms with Crippen LogP contribution in [0.1, 0.15) is 39.5 Å². The van der Waals surface area contributed by atoms with E-state index in [4.69, 9.17) is 14.5 Å². The van der Waals surface area contributed by atoms with Crippen molar-refractivity contribution in [2.24, 2.45) is 4.99 Å². The fourth-order valence-corrected chi connectivity index (χ4v) is 2.85. The Morgan fingerprint density at radius 2 is 2.04 bits per heavy atom. The molecule has 1 aliphatic heterocycles. The molecule has 2 N–H and O–H groups in total. The number of piperidine rings is 1. The van der Waals surface area contributed by atoms with E-state index in [9.17, 15) is 0 Å². The van der Waals surface area contributed by atoms with Gasteiger partial charge in [0.1, 0.15) is 0 Å². The third-order valence-electron chi connectivity index (χ3n) is 4.15. The highest BCUT2D eigenvalue weighted by molar-refractivity contribution is 5.79. The number of likely N-dealkylation sites (tertiary alicyclic amines) is 1. The Morgan fingerprint density at radius 3 is 2.78 bits per heavy atom. The Labute approximate surface area is 142 Å². The molecule has 0 aromatic heterocycles. The van der Waals surface area contributed by atoms with Crippen LogP contribution in [0.4, 0.5) is 0 Å². The largest absolute Gasteiger partial charge is 0.382 e. The highest BCUT2D eigenvalue weighted by atomic mass is 16.5. The first kappa shape index (κ1) is 20.2. The van der Waals surface area contributed by atoms with Gasteiger partial charge in [-0.3, -0.25) is 9.89 Å². The van der Waals surface area contributed by atoms with Gasteiger partial charge in [0.05, 0.1) is 19.8 Å². The second-order valence-corrected chi connectivity index (χ2v) is 5.88. The second kappa shape index (κ2) is 13.6. The van der Waals surface area contributed by atoms with Crippen LogP contribution >= 0.6 is 0 Å². The summed E-state index contributed by atoms with van der Waals surface area (Å²) in [6.07, 6.45) is 4.90. The summed E-state index contributed by atoms with van der Waals surface area (Å²) >= 11 is 0. The van der Waals surface area contributed by atoms with Crippen molar-refractivity contribution in [2.75, 3.05) is 59.7 Å². The molecule has 0 saturated carbocycles. The van der Waals surface area contributed by atoms with Crippen LogP contribution in [0.3, 0.4) is 0 Å². The molecular formula is C17H36N4O2. The maximum atomic E-state index is 5.47. The summed E-state index contributed by atoms with van der Waals surface area (Å²) in [5, 5.41) is 6.72. The number of likely N-dealkylation sites (N-methyl/N-ethyl adjacent to an activating group) is 1. The summed E-state index contributed by atoms with van der Waals surface area (Å²) in [7, 11) is 1.69. The molecule has 0 aromatic carbocycles. The quantitative estimate of drug-likeness (QED) is 0.342. The van der Waals surface area contributed by atoms with E-state index in [1.54, 1.807) is 7.11 Å². The Bertz CT molecular complexity index is 313. The molecule has 1 atom stereocenters. The van der Waals surface area contributed by atoms with Crippen molar-refractivity contribution >= 4 is 5.96 Å². The maximum Gasteiger partial charge on any atom is 0.191 e. The average Bonchev–Trinajstić information content (AvgIpc) is 2.59. The topological polar surface area (TPSA) is 58.1 Å². The smallest absolute Gasteiger partial charge is 0.191 e. The molecular weight excluding hydrogens is 292 g/mol. The zero-order valence-corrected chi connectivity index (χ0v) is 15.3. The minimum absolute atomic E-state index is 0.599. The van der Waals surface area contributed by atoms with Crippen molar-refractivity contribution in [2.45, 2.75) is 45.6 Å². The second-order valence-electron chi connectivity index (χ2n) is 5.88. The number of nitrogens with one attached hydrogen (secondary N) is 2. The third kappa shape index (κ3) is 9.13. The van der Waals surface area contributed by atoms with Crippen molar-refractivity contribution in [3.8, 4) is 0 Å². The highest BCUT2D eigenvalue weighted by Crippen LogP contribution is 2.16. The molecule has 1 rings (SSSR count). The Morgan fingerprint density at radius 1 is 1.17 bits per heavy atom. The highest BCUT2D eigenvalue weighted by Gasteiger charge is 2.20. The lowest BCUT2D eigenvalue weighted by Crippen LogP contribution is -2.43. The minimum atomic E-state index is 0.599. The lowest BCUT2D eigenvalue weighted by atomic mass is 10.0. The van der Waals surface area contributed by atoms with Gasteiger partial charge in [0, 0.05) is 32.8 Å². The van der Waals surface area contributed by atoms with Crippen molar-refractivity contribution in [1.82, 2.24) is 15.5 Å². The van der Waals surface area contributed by atoms with E-state index >= 15 is 0 Å². The third-order valence-corrected chi connectivity index (χ3v) is 4.15. The van der Waals surface area contributed by atoms with Crippen LogP contribution in [0, 0.1) is 0 Å². The summed E-state index contributed by atoms with van der Waals surface area (Å²) in [6, 6.07) is 0.599. The number of ether oxygens (including phenoxy) is 2. The van der Waals surface area contributed by atoms with Crippen LogP contribution in [0.25, 0.3) is 0 Å². The molecule has 1 unspecified atom stereocenters. The molecule has 136 valence electrons. The first-order chi connectivity index (χ1) is 11.3. The van der Waals surface area contributed by atoms with Crippen LogP contribution in [-0.4, -0.2) is 76.6 Å². The van der Waals surface area contributed by atoms with E-state index in [1.807, 2.05) is 0 Å². The number of hydrogen-bond donors (Lipinski definition) is 2. The van der Waals surface area contributed by atoms with Gasteiger partial charge < -0.3 is 20.1 Å². The Balaban J connectivity index is 2.26.